The van der Waals surface area contributed by atoms with E-state index < -0.39 is 23.9 Å². The molecule has 0 saturated heterocycles. The molecular formula is C12H16ClF3N2OS. The van der Waals surface area contributed by atoms with E-state index in [1.165, 1.54) is 6.92 Å². The molecule has 0 saturated carbocycles. The smallest absolute Gasteiger partial charge is 0.324 e. The van der Waals surface area contributed by atoms with Gasteiger partial charge in [0.1, 0.15) is 0 Å². The van der Waals surface area contributed by atoms with Crippen molar-refractivity contribution in [2.45, 2.75) is 31.0 Å². The van der Waals surface area contributed by atoms with Crippen LogP contribution in [0.5, 0.6) is 0 Å². The molecule has 1 rings (SSSR count). The Morgan fingerprint density at radius 3 is 2.55 bits per heavy atom. The molecule has 0 aromatic heterocycles. The first-order chi connectivity index (χ1) is 8.69. The summed E-state index contributed by atoms with van der Waals surface area (Å²) in [6.45, 7) is 3.30. The molecule has 0 bridgehead atoms. The van der Waals surface area contributed by atoms with E-state index in [9.17, 15) is 18.0 Å². The molecule has 0 aliphatic heterocycles. The maximum atomic E-state index is 12.2. The Bertz CT molecular complexity index is 467. The first-order valence-electron chi connectivity index (χ1n) is 5.55. The number of anilines is 1. The van der Waals surface area contributed by atoms with Gasteiger partial charge in [0.25, 0.3) is 0 Å². The monoisotopic (exact) mass is 328 g/mol. The third kappa shape index (κ3) is 6.49. The van der Waals surface area contributed by atoms with Gasteiger partial charge in [-0.05, 0) is 31.5 Å². The zero-order valence-electron chi connectivity index (χ0n) is 11.0. The first kappa shape index (κ1) is 19.1. The van der Waals surface area contributed by atoms with Crippen molar-refractivity contribution in [1.82, 2.24) is 0 Å². The van der Waals surface area contributed by atoms with Crippen LogP contribution in [0.15, 0.2) is 23.1 Å². The van der Waals surface area contributed by atoms with Gasteiger partial charge < -0.3 is 11.1 Å². The van der Waals surface area contributed by atoms with Crippen LogP contribution in [0.2, 0.25) is 0 Å². The molecule has 20 heavy (non-hydrogen) atoms. The maximum Gasteiger partial charge on any atom is 0.398 e. The second kappa shape index (κ2) is 7.75. The average molecular weight is 329 g/mol. The molecule has 0 aliphatic carbocycles. The third-order valence-electron chi connectivity index (χ3n) is 2.20. The highest BCUT2D eigenvalue weighted by Crippen LogP contribution is 2.32. The standard InChI is InChI=1S/C12H15F3N2OS.ClH/c1-7-3-4-10(19-6-12(13,14)15)9(5-7)17-11(18)8(2)16;/h3-5,8H,6,16H2,1-2H3,(H,17,18);1H/t8-;/m0./s1. The third-order valence-corrected chi connectivity index (χ3v) is 3.34. The molecule has 0 spiro atoms. The maximum absolute atomic E-state index is 12.2. The molecule has 114 valence electrons. The summed E-state index contributed by atoms with van der Waals surface area (Å²) < 4.78 is 36.6. The largest absolute Gasteiger partial charge is 0.398 e. The fourth-order valence-corrected chi connectivity index (χ4v) is 2.02. The molecule has 0 unspecified atom stereocenters. The molecule has 1 atom stereocenters. The molecule has 1 aromatic carbocycles. The van der Waals surface area contributed by atoms with E-state index >= 15 is 0 Å². The fraction of sp³-hybridized carbons (Fsp3) is 0.417. The van der Waals surface area contributed by atoms with E-state index in [0.29, 0.717) is 22.3 Å². The van der Waals surface area contributed by atoms with Gasteiger partial charge in [-0.15, -0.1) is 24.2 Å². The topological polar surface area (TPSA) is 55.1 Å². The minimum atomic E-state index is -4.25. The van der Waals surface area contributed by atoms with Crippen LogP contribution in [0.3, 0.4) is 0 Å². The van der Waals surface area contributed by atoms with Crippen molar-refractivity contribution in [2.75, 3.05) is 11.1 Å². The van der Waals surface area contributed by atoms with Crippen molar-refractivity contribution in [1.29, 1.82) is 0 Å². The van der Waals surface area contributed by atoms with Gasteiger partial charge in [-0.3, -0.25) is 4.79 Å². The number of nitrogens with one attached hydrogen (secondary N) is 1. The van der Waals surface area contributed by atoms with E-state index in [1.807, 2.05) is 0 Å². The van der Waals surface area contributed by atoms with Gasteiger partial charge in [0.2, 0.25) is 5.91 Å². The Morgan fingerprint density at radius 1 is 1.45 bits per heavy atom. The van der Waals surface area contributed by atoms with E-state index in [1.54, 1.807) is 25.1 Å². The lowest BCUT2D eigenvalue weighted by molar-refractivity contribution is -0.117. The van der Waals surface area contributed by atoms with Gasteiger partial charge in [-0.2, -0.15) is 13.2 Å². The fourth-order valence-electron chi connectivity index (χ4n) is 1.27. The number of nitrogens with two attached hydrogens (primary N) is 1. The average Bonchev–Trinajstić information content (AvgIpc) is 2.26. The minimum absolute atomic E-state index is 0. The number of alkyl halides is 3. The van der Waals surface area contributed by atoms with E-state index in [0.717, 1.165) is 5.56 Å². The number of aryl methyl sites for hydroxylation is 1. The number of benzene rings is 1. The van der Waals surface area contributed by atoms with Crippen molar-refractivity contribution < 1.29 is 18.0 Å². The Hall–Kier alpha value is -0.920. The molecule has 0 heterocycles. The molecule has 0 fully saturated rings. The predicted molar refractivity (Wildman–Crippen MR) is 77.5 cm³/mol. The van der Waals surface area contributed by atoms with Crippen LogP contribution in [0.1, 0.15) is 12.5 Å². The van der Waals surface area contributed by atoms with Gasteiger partial charge in [0.15, 0.2) is 0 Å². The minimum Gasteiger partial charge on any atom is -0.324 e. The number of rotatable bonds is 4. The molecule has 8 heteroatoms. The number of carbonyl (C=O) groups excluding carboxylic acids is 1. The zero-order chi connectivity index (χ0) is 14.6. The number of hydrogen-bond acceptors (Lipinski definition) is 3. The summed E-state index contributed by atoms with van der Waals surface area (Å²) >= 11 is 0.636. The van der Waals surface area contributed by atoms with Crippen molar-refractivity contribution in [2.24, 2.45) is 5.73 Å². The number of amides is 1. The number of thioether (sulfide) groups is 1. The zero-order valence-corrected chi connectivity index (χ0v) is 12.6. The van der Waals surface area contributed by atoms with Gasteiger partial charge in [0, 0.05) is 4.90 Å². The van der Waals surface area contributed by atoms with Crippen LogP contribution in [0, 0.1) is 6.92 Å². The molecular weight excluding hydrogens is 313 g/mol. The van der Waals surface area contributed by atoms with Crippen molar-refractivity contribution in [3.05, 3.63) is 23.8 Å². The highest BCUT2D eigenvalue weighted by Gasteiger charge is 2.27. The van der Waals surface area contributed by atoms with Crippen molar-refractivity contribution in [3.63, 3.8) is 0 Å². The lowest BCUT2D eigenvalue weighted by Crippen LogP contribution is -2.32. The van der Waals surface area contributed by atoms with Crippen LogP contribution in [0.4, 0.5) is 18.9 Å². The van der Waals surface area contributed by atoms with Crippen LogP contribution in [0.25, 0.3) is 0 Å². The lowest BCUT2D eigenvalue weighted by Gasteiger charge is -2.14. The second-order valence-corrected chi connectivity index (χ2v) is 5.20. The molecule has 1 aromatic rings. The highest BCUT2D eigenvalue weighted by molar-refractivity contribution is 7.99. The van der Waals surface area contributed by atoms with Crippen LogP contribution in [-0.2, 0) is 4.79 Å². The number of halogens is 4. The Kier molecular flexibility index (Phi) is 7.40. The normalized spacial score (nSPS) is 12.5. The summed E-state index contributed by atoms with van der Waals surface area (Å²) in [5.74, 6) is -1.43. The van der Waals surface area contributed by atoms with Crippen LogP contribution in [-0.4, -0.2) is 23.9 Å². The summed E-state index contributed by atoms with van der Waals surface area (Å²) in [6, 6.07) is 4.16. The summed E-state index contributed by atoms with van der Waals surface area (Å²) in [7, 11) is 0. The Balaban J connectivity index is 0.00000361. The Morgan fingerprint density at radius 2 is 2.05 bits per heavy atom. The summed E-state index contributed by atoms with van der Waals surface area (Å²) in [6.07, 6.45) is -4.25. The molecule has 3 nitrogen and oxygen atoms in total. The Labute approximate surface area is 125 Å². The molecule has 1 amide bonds. The quantitative estimate of drug-likeness (QED) is 0.833. The molecule has 3 N–H and O–H groups in total. The second-order valence-electron chi connectivity index (χ2n) is 4.18. The first-order valence-corrected chi connectivity index (χ1v) is 6.54. The van der Waals surface area contributed by atoms with Gasteiger partial charge in [-0.1, -0.05) is 6.07 Å². The van der Waals surface area contributed by atoms with Crippen molar-refractivity contribution >= 4 is 35.8 Å². The highest BCUT2D eigenvalue weighted by atomic mass is 35.5. The molecule has 0 aliphatic rings. The molecule has 0 radical (unpaired) electrons. The summed E-state index contributed by atoms with van der Waals surface area (Å²) in [5, 5.41) is 2.53. The predicted octanol–water partition coefficient (Wildman–Crippen LogP) is 3.36. The SMILES string of the molecule is Cc1ccc(SCC(F)(F)F)c(NC(=O)[C@H](C)N)c1.Cl. The van der Waals surface area contributed by atoms with Gasteiger partial charge in [-0.25, -0.2) is 0 Å². The number of carbonyl (C=O) groups is 1. The van der Waals surface area contributed by atoms with Crippen LogP contribution < -0.4 is 11.1 Å². The van der Waals surface area contributed by atoms with Gasteiger partial charge >= 0.3 is 6.18 Å². The van der Waals surface area contributed by atoms with E-state index in [-0.39, 0.29) is 12.4 Å². The van der Waals surface area contributed by atoms with Gasteiger partial charge in [0.05, 0.1) is 17.5 Å². The summed E-state index contributed by atoms with van der Waals surface area (Å²) in [4.78, 5) is 11.9. The summed E-state index contributed by atoms with van der Waals surface area (Å²) in [5.41, 5.74) is 6.62. The van der Waals surface area contributed by atoms with E-state index in [2.05, 4.69) is 5.32 Å². The van der Waals surface area contributed by atoms with Crippen LogP contribution >= 0.6 is 24.2 Å². The van der Waals surface area contributed by atoms with Crippen molar-refractivity contribution in [3.8, 4) is 0 Å². The number of hydrogen-bond donors (Lipinski definition) is 2. The van der Waals surface area contributed by atoms with E-state index in [4.69, 9.17) is 5.73 Å². The lowest BCUT2D eigenvalue weighted by atomic mass is 10.2.